The SMILES string of the molecule is CCc1cc(CCl)cc(N(C)Cc2ccccc2C)n1. The van der Waals surface area contributed by atoms with Crippen molar-refractivity contribution in [3.8, 4) is 0 Å². The Bertz CT molecular complexity index is 559. The Morgan fingerprint density at radius 2 is 1.95 bits per heavy atom. The molecule has 106 valence electrons. The highest BCUT2D eigenvalue weighted by Gasteiger charge is 2.08. The van der Waals surface area contributed by atoms with Crippen LogP contribution >= 0.6 is 11.6 Å². The molecule has 1 heterocycles. The van der Waals surface area contributed by atoms with Gasteiger partial charge in [-0.1, -0.05) is 31.2 Å². The van der Waals surface area contributed by atoms with E-state index in [0.29, 0.717) is 5.88 Å². The minimum atomic E-state index is 0.528. The molecule has 3 heteroatoms. The van der Waals surface area contributed by atoms with Crippen LogP contribution < -0.4 is 4.90 Å². The summed E-state index contributed by atoms with van der Waals surface area (Å²) in [6.45, 7) is 5.11. The molecule has 0 spiro atoms. The Balaban J connectivity index is 2.24. The van der Waals surface area contributed by atoms with E-state index in [-0.39, 0.29) is 0 Å². The fourth-order valence-electron chi connectivity index (χ4n) is 2.21. The molecule has 0 amide bonds. The zero-order chi connectivity index (χ0) is 14.5. The maximum absolute atomic E-state index is 5.97. The van der Waals surface area contributed by atoms with E-state index >= 15 is 0 Å². The standard InChI is InChI=1S/C17H21ClN2/c1-4-16-9-14(11-18)10-17(19-16)20(3)12-15-8-6-5-7-13(15)2/h5-10H,4,11-12H2,1-3H3. The first-order chi connectivity index (χ1) is 9.63. The Morgan fingerprint density at radius 1 is 1.20 bits per heavy atom. The van der Waals surface area contributed by atoms with E-state index in [2.05, 4.69) is 62.2 Å². The number of aryl methyl sites for hydroxylation is 2. The van der Waals surface area contributed by atoms with E-state index < -0.39 is 0 Å². The summed E-state index contributed by atoms with van der Waals surface area (Å²) in [5.74, 6) is 1.52. The third kappa shape index (κ3) is 3.51. The highest BCUT2D eigenvalue weighted by molar-refractivity contribution is 6.17. The molecular formula is C17H21ClN2. The van der Waals surface area contributed by atoms with Gasteiger partial charge >= 0.3 is 0 Å². The molecule has 0 atom stereocenters. The minimum Gasteiger partial charge on any atom is -0.355 e. The molecule has 2 aromatic rings. The van der Waals surface area contributed by atoms with Crippen molar-refractivity contribution < 1.29 is 0 Å². The lowest BCUT2D eigenvalue weighted by molar-refractivity contribution is 0.874. The molecule has 0 aliphatic heterocycles. The van der Waals surface area contributed by atoms with Crippen LogP contribution in [0.3, 0.4) is 0 Å². The number of hydrogen-bond donors (Lipinski definition) is 0. The molecule has 1 aromatic heterocycles. The van der Waals surface area contributed by atoms with E-state index in [4.69, 9.17) is 16.6 Å². The molecule has 2 nitrogen and oxygen atoms in total. The van der Waals surface area contributed by atoms with Crippen molar-refractivity contribution in [3.63, 3.8) is 0 Å². The monoisotopic (exact) mass is 288 g/mol. The molecule has 20 heavy (non-hydrogen) atoms. The quantitative estimate of drug-likeness (QED) is 0.762. The molecule has 0 aliphatic rings. The average Bonchev–Trinajstić information content (AvgIpc) is 2.48. The van der Waals surface area contributed by atoms with Gasteiger partial charge in [-0.2, -0.15) is 0 Å². The molecule has 0 fully saturated rings. The second kappa shape index (κ2) is 6.76. The van der Waals surface area contributed by atoms with Crippen LogP contribution in [0.1, 0.15) is 29.3 Å². The number of nitrogens with zero attached hydrogens (tertiary/aromatic N) is 2. The molecule has 0 unspecified atom stereocenters. The van der Waals surface area contributed by atoms with Gasteiger partial charge in [0.15, 0.2) is 0 Å². The predicted octanol–water partition coefficient (Wildman–Crippen LogP) is 4.33. The van der Waals surface area contributed by atoms with Gasteiger partial charge in [-0.05, 0) is 42.2 Å². The highest BCUT2D eigenvalue weighted by Crippen LogP contribution is 2.19. The van der Waals surface area contributed by atoms with Crippen molar-refractivity contribution in [1.29, 1.82) is 0 Å². The van der Waals surface area contributed by atoms with Gasteiger partial charge in [-0.15, -0.1) is 11.6 Å². The van der Waals surface area contributed by atoms with Gasteiger partial charge in [0, 0.05) is 25.2 Å². The number of rotatable bonds is 5. The number of aromatic nitrogens is 1. The van der Waals surface area contributed by atoms with Gasteiger partial charge in [0.05, 0.1) is 0 Å². The first-order valence-corrected chi connectivity index (χ1v) is 7.49. The van der Waals surface area contributed by atoms with E-state index in [1.165, 1.54) is 11.1 Å². The Labute approximate surface area is 126 Å². The summed E-state index contributed by atoms with van der Waals surface area (Å²) >= 11 is 5.97. The highest BCUT2D eigenvalue weighted by atomic mass is 35.5. The zero-order valence-corrected chi connectivity index (χ0v) is 13.1. The smallest absolute Gasteiger partial charge is 0.129 e. The van der Waals surface area contributed by atoms with Gasteiger partial charge in [0.1, 0.15) is 5.82 Å². The molecule has 0 aliphatic carbocycles. The van der Waals surface area contributed by atoms with E-state index in [1.807, 2.05) is 0 Å². The fraction of sp³-hybridized carbons (Fsp3) is 0.353. The van der Waals surface area contributed by atoms with Gasteiger partial charge in [-0.25, -0.2) is 4.98 Å². The summed E-state index contributed by atoms with van der Waals surface area (Å²) in [5, 5.41) is 0. The van der Waals surface area contributed by atoms with Gasteiger partial charge in [0.25, 0.3) is 0 Å². The molecule has 0 radical (unpaired) electrons. The molecule has 0 N–H and O–H groups in total. The lowest BCUT2D eigenvalue weighted by Gasteiger charge is -2.21. The molecule has 0 saturated carbocycles. The lowest BCUT2D eigenvalue weighted by atomic mass is 10.1. The van der Waals surface area contributed by atoms with Crippen molar-refractivity contribution in [2.24, 2.45) is 0 Å². The summed E-state index contributed by atoms with van der Waals surface area (Å²) in [5.41, 5.74) is 4.86. The summed E-state index contributed by atoms with van der Waals surface area (Å²) in [7, 11) is 2.08. The van der Waals surface area contributed by atoms with E-state index in [9.17, 15) is 0 Å². The summed E-state index contributed by atoms with van der Waals surface area (Å²) < 4.78 is 0. The van der Waals surface area contributed by atoms with Crippen molar-refractivity contribution in [1.82, 2.24) is 4.98 Å². The minimum absolute atomic E-state index is 0.528. The van der Waals surface area contributed by atoms with Crippen LogP contribution in [-0.2, 0) is 18.8 Å². The van der Waals surface area contributed by atoms with Crippen LogP contribution in [0, 0.1) is 6.92 Å². The fourth-order valence-corrected chi connectivity index (χ4v) is 2.37. The Hall–Kier alpha value is -1.54. The number of anilines is 1. The first-order valence-electron chi connectivity index (χ1n) is 6.95. The molecular weight excluding hydrogens is 268 g/mol. The van der Waals surface area contributed by atoms with Crippen LogP contribution in [0.5, 0.6) is 0 Å². The molecule has 2 rings (SSSR count). The summed E-state index contributed by atoms with van der Waals surface area (Å²) in [4.78, 5) is 6.87. The molecule has 0 bridgehead atoms. The lowest BCUT2D eigenvalue weighted by Crippen LogP contribution is -2.19. The van der Waals surface area contributed by atoms with Crippen LogP contribution in [0.2, 0.25) is 0 Å². The van der Waals surface area contributed by atoms with Crippen LogP contribution in [-0.4, -0.2) is 12.0 Å². The van der Waals surface area contributed by atoms with Crippen LogP contribution in [0.25, 0.3) is 0 Å². The molecule has 0 saturated heterocycles. The zero-order valence-electron chi connectivity index (χ0n) is 12.4. The average molecular weight is 289 g/mol. The van der Waals surface area contributed by atoms with Crippen molar-refractivity contribution in [2.45, 2.75) is 32.7 Å². The van der Waals surface area contributed by atoms with E-state index in [0.717, 1.165) is 30.0 Å². The topological polar surface area (TPSA) is 16.1 Å². The number of hydrogen-bond acceptors (Lipinski definition) is 2. The van der Waals surface area contributed by atoms with Crippen LogP contribution in [0.4, 0.5) is 5.82 Å². The Kier molecular flexibility index (Phi) is 5.02. The third-order valence-corrected chi connectivity index (χ3v) is 3.81. The van der Waals surface area contributed by atoms with Crippen molar-refractivity contribution in [3.05, 3.63) is 58.8 Å². The summed E-state index contributed by atoms with van der Waals surface area (Å²) in [6.07, 6.45) is 0.927. The second-order valence-corrected chi connectivity index (χ2v) is 5.36. The number of benzene rings is 1. The first kappa shape index (κ1) is 14.9. The molecule has 1 aromatic carbocycles. The summed E-state index contributed by atoms with van der Waals surface area (Å²) in [6, 6.07) is 12.6. The maximum Gasteiger partial charge on any atom is 0.129 e. The largest absolute Gasteiger partial charge is 0.355 e. The number of alkyl halides is 1. The van der Waals surface area contributed by atoms with Gasteiger partial charge in [0.2, 0.25) is 0 Å². The van der Waals surface area contributed by atoms with Crippen molar-refractivity contribution in [2.75, 3.05) is 11.9 Å². The van der Waals surface area contributed by atoms with E-state index in [1.54, 1.807) is 0 Å². The maximum atomic E-state index is 5.97. The normalized spacial score (nSPS) is 10.6. The van der Waals surface area contributed by atoms with Crippen molar-refractivity contribution >= 4 is 17.4 Å². The van der Waals surface area contributed by atoms with Gasteiger partial charge < -0.3 is 4.90 Å². The predicted molar refractivity (Wildman–Crippen MR) is 86.5 cm³/mol. The number of pyridine rings is 1. The van der Waals surface area contributed by atoms with Crippen LogP contribution in [0.15, 0.2) is 36.4 Å². The Morgan fingerprint density at radius 3 is 2.60 bits per heavy atom. The third-order valence-electron chi connectivity index (χ3n) is 3.50. The second-order valence-electron chi connectivity index (χ2n) is 5.09. The van der Waals surface area contributed by atoms with Gasteiger partial charge in [-0.3, -0.25) is 0 Å². The number of halogens is 1.